The number of hydrogen-bond donors (Lipinski definition) is 2. The van der Waals surface area contributed by atoms with Crippen molar-refractivity contribution in [2.75, 3.05) is 7.11 Å². The fourth-order valence-corrected chi connectivity index (χ4v) is 1.90. The SMILES string of the molecule is CCC(C)C(NC(=O)c1cc(C)ccc1OC)C(=O)O. The molecule has 20 heavy (non-hydrogen) atoms. The number of hydrogen-bond acceptors (Lipinski definition) is 3. The number of benzene rings is 1. The minimum Gasteiger partial charge on any atom is -0.496 e. The highest BCUT2D eigenvalue weighted by Gasteiger charge is 2.26. The Morgan fingerprint density at radius 1 is 1.40 bits per heavy atom. The Labute approximate surface area is 118 Å². The van der Waals surface area contributed by atoms with Crippen molar-refractivity contribution in [3.8, 4) is 5.75 Å². The Kier molecular flexibility index (Phi) is 5.55. The zero-order valence-corrected chi connectivity index (χ0v) is 12.3. The van der Waals surface area contributed by atoms with Crippen LogP contribution in [-0.2, 0) is 4.79 Å². The number of ether oxygens (including phenoxy) is 1. The number of carboxylic acid groups (broad SMARTS) is 1. The van der Waals surface area contributed by atoms with Gasteiger partial charge in [-0.1, -0.05) is 31.9 Å². The van der Waals surface area contributed by atoms with Gasteiger partial charge < -0.3 is 15.2 Å². The molecule has 110 valence electrons. The molecule has 5 nitrogen and oxygen atoms in total. The number of carbonyl (C=O) groups is 2. The number of aliphatic carboxylic acids is 1. The van der Waals surface area contributed by atoms with E-state index in [4.69, 9.17) is 4.74 Å². The quantitative estimate of drug-likeness (QED) is 0.837. The summed E-state index contributed by atoms with van der Waals surface area (Å²) in [7, 11) is 1.48. The summed E-state index contributed by atoms with van der Waals surface area (Å²) in [5, 5.41) is 11.8. The van der Waals surface area contributed by atoms with Crippen molar-refractivity contribution >= 4 is 11.9 Å². The maximum atomic E-state index is 12.3. The Bertz CT molecular complexity index is 499. The van der Waals surface area contributed by atoms with Gasteiger partial charge in [-0.05, 0) is 25.0 Å². The lowest BCUT2D eigenvalue weighted by atomic mass is 9.98. The molecule has 0 saturated carbocycles. The summed E-state index contributed by atoms with van der Waals surface area (Å²) >= 11 is 0. The first-order valence-electron chi connectivity index (χ1n) is 6.59. The number of rotatable bonds is 6. The second kappa shape index (κ2) is 6.93. The average molecular weight is 279 g/mol. The fourth-order valence-electron chi connectivity index (χ4n) is 1.90. The molecule has 0 radical (unpaired) electrons. The van der Waals surface area contributed by atoms with E-state index < -0.39 is 17.9 Å². The van der Waals surface area contributed by atoms with Gasteiger partial charge in [-0.15, -0.1) is 0 Å². The average Bonchev–Trinajstić information content (AvgIpc) is 2.43. The standard InChI is InChI=1S/C15H21NO4/c1-5-10(3)13(15(18)19)16-14(17)11-8-9(2)6-7-12(11)20-4/h6-8,10,13H,5H2,1-4H3,(H,16,17)(H,18,19). The molecular weight excluding hydrogens is 258 g/mol. The van der Waals surface area contributed by atoms with Crippen LogP contribution in [0.15, 0.2) is 18.2 Å². The number of nitrogens with one attached hydrogen (secondary N) is 1. The lowest BCUT2D eigenvalue weighted by Gasteiger charge is -2.20. The van der Waals surface area contributed by atoms with Crippen LogP contribution in [0.2, 0.25) is 0 Å². The molecule has 0 fully saturated rings. The molecular formula is C15H21NO4. The van der Waals surface area contributed by atoms with Crippen LogP contribution in [0.5, 0.6) is 5.75 Å². The van der Waals surface area contributed by atoms with Crippen molar-refractivity contribution in [2.45, 2.75) is 33.2 Å². The van der Waals surface area contributed by atoms with Crippen LogP contribution in [0.3, 0.4) is 0 Å². The summed E-state index contributed by atoms with van der Waals surface area (Å²) in [6.07, 6.45) is 0.669. The van der Waals surface area contributed by atoms with Crippen molar-refractivity contribution < 1.29 is 19.4 Å². The summed E-state index contributed by atoms with van der Waals surface area (Å²) in [5.41, 5.74) is 1.26. The molecule has 2 unspecified atom stereocenters. The Balaban J connectivity index is 3.00. The van der Waals surface area contributed by atoms with Crippen molar-refractivity contribution in [3.63, 3.8) is 0 Å². The molecule has 5 heteroatoms. The Morgan fingerprint density at radius 2 is 2.05 bits per heavy atom. The molecule has 0 saturated heterocycles. The summed E-state index contributed by atoms with van der Waals surface area (Å²) in [6.45, 7) is 5.55. The minimum atomic E-state index is -1.03. The van der Waals surface area contributed by atoms with Crippen molar-refractivity contribution in [1.29, 1.82) is 0 Å². The molecule has 0 heterocycles. The second-order valence-corrected chi connectivity index (χ2v) is 4.88. The van der Waals surface area contributed by atoms with Gasteiger partial charge in [0.25, 0.3) is 5.91 Å². The zero-order chi connectivity index (χ0) is 15.3. The molecule has 0 bridgehead atoms. The lowest BCUT2D eigenvalue weighted by molar-refractivity contribution is -0.140. The van der Waals surface area contributed by atoms with Gasteiger partial charge >= 0.3 is 5.97 Å². The molecule has 1 rings (SSSR count). The van der Waals surface area contributed by atoms with E-state index in [2.05, 4.69) is 5.32 Å². The normalized spacial score (nSPS) is 13.4. The third-order valence-electron chi connectivity index (χ3n) is 3.37. The zero-order valence-electron chi connectivity index (χ0n) is 12.3. The van der Waals surface area contributed by atoms with Crippen LogP contribution in [-0.4, -0.2) is 30.1 Å². The summed E-state index contributed by atoms with van der Waals surface area (Å²) in [4.78, 5) is 23.5. The molecule has 1 aromatic carbocycles. The number of amides is 1. The van der Waals surface area contributed by atoms with Gasteiger partial charge in [0, 0.05) is 0 Å². The number of carbonyl (C=O) groups excluding carboxylic acids is 1. The van der Waals surface area contributed by atoms with Gasteiger partial charge in [0.15, 0.2) is 0 Å². The number of methoxy groups -OCH3 is 1. The van der Waals surface area contributed by atoms with Gasteiger partial charge in [0.05, 0.1) is 12.7 Å². The van der Waals surface area contributed by atoms with Crippen LogP contribution in [0, 0.1) is 12.8 Å². The molecule has 2 N–H and O–H groups in total. The molecule has 0 aromatic heterocycles. The molecule has 0 aliphatic carbocycles. The predicted octanol–water partition coefficient (Wildman–Crippen LogP) is 2.23. The first kappa shape index (κ1) is 16.0. The summed E-state index contributed by atoms with van der Waals surface area (Å²) < 4.78 is 5.14. The highest BCUT2D eigenvalue weighted by atomic mass is 16.5. The second-order valence-electron chi connectivity index (χ2n) is 4.88. The third-order valence-corrected chi connectivity index (χ3v) is 3.37. The van der Waals surface area contributed by atoms with Gasteiger partial charge in [-0.25, -0.2) is 4.79 Å². The monoisotopic (exact) mass is 279 g/mol. The molecule has 0 aliphatic heterocycles. The van der Waals surface area contributed by atoms with Gasteiger partial charge in [0.1, 0.15) is 11.8 Å². The minimum absolute atomic E-state index is 0.146. The first-order chi connectivity index (χ1) is 9.40. The summed E-state index contributed by atoms with van der Waals surface area (Å²) in [5.74, 6) is -1.17. The van der Waals surface area contributed by atoms with Crippen LogP contribution < -0.4 is 10.1 Å². The number of carboxylic acids is 1. The van der Waals surface area contributed by atoms with Crippen LogP contribution >= 0.6 is 0 Å². The first-order valence-corrected chi connectivity index (χ1v) is 6.59. The van der Waals surface area contributed by atoms with Crippen LogP contribution in [0.25, 0.3) is 0 Å². The molecule has 0 aliphatic rings. The van der Waals surface area contributed by atoms with E-state index in [1.54, 1.807) is 19.1 Å². The topological polar surface area (TPSA) is 75.6 Å². The van der Waals surface area contributed by atoms with E-state index in [0.29, 0.717) is 17.7 Å². The third kappa shape index (κ3) is 3.73. The van der Waals surface area contributed by atoms with Crippen molar-refractivity contribution in [3.05, 3.63) is 29.3 Å². The largest absolute Gasteiger partial charge is 0.496 e. The van der Waals surface area contributed by atoms with E-state index in [-0.39, 0.29) is 5.92 Å². The van der Waals surface area contributed by atoms with Crippen LogP contribution in [0.1, 0.15) is 36.2 Å². The lowest BCUT2D eigenvalue weighted by Crippen LogP contribution is -2.45. The van der Waals surface area contributed by atoms with E-state index in [1.807, 2.05) is 19.9 Å². The van der Waals surface area contributed by atoms with Crippen molar-refractivity contribution in [1.82, 2.24) is 5.32 Å². The molecule has 1 aromatic rings. The van der Waals surface area contributed by atoms with E-state index in [9.17, 15) is 14.7 Å². The predicted molar refractivity (Wildman–Crippen MR) is 76.1 cm³/mol. The highest BCUT2D eigenvalue weighted by Crippen LogP contribution is 2.20. The maximum Gasteiger partial charge on any atom is 0.326 e. The fraction of sp³-hybridized carbons (Fsp3) is 0.467. The molecule has 1 amide bonds. The van der Waals surface area contributed by atoms with Gasteiger partial charge in [0.2, 0.25) is 0 Å². The highest BCUT2D eigenvalue weighted by molar-refractivity contribution is 5.99. The van der Waals surface area contributed by atoms with Crippen molar-refractivity contribution in [2.24, 2.45) is 5.92 Å². The molecule has 2 atom stereocenters. The van der Waals surface area contributed by atoms with E-state index in [0.717, 1.165) is 5.56 Å². The smallest absolute Gasteiger partial charge is 0.326 e. The van der Waals surface area contributed by atoms with Gasteiger partial charge in [-0.3, -0.25) is 4.79 Å². The van der Waals surface area contributed by atoms with E-state index >= 15 is 0 Å². The van der Waals surface area contributed by atoms with E-state index in [1.165, 1.54) is 7.11 Å². The summed E-state index contributed by atoms with van der Waals surface area (Å²) in [6, 6.07) is 4.31. The number of aryl methyl sites for hydroxylation is 1. The Morgan fingerprint density at radius 3 is 2.55 bits per heavy atom. The molecule has 0 spiro atoms. The maximum absolute atomic E-state index is 12.3. The Hall–Kier alpha value is -2.04. The van der Waals surface area contributed by atoms with Gasteiger partial charge in [-0.2, -0.15) is 0 Å². The van der Waals surface area contributed by atoms with Crippen LogP contribution in [0.4, 0.5) is 0 Å².